The van der Waals surface area contributed by atoms with E-state index in [1.54, 1.807) is 0 Å². The van der Waals surface area contributed by atoms with Gasteiger partial charge in [0.05, 0.1) is 6.04 Å². The highest BCUT2D eigenvalue weighted by atomic mass is 16.2. The summed E-state index contributed by atoms with van der Waals surface area (Å²) < 4.78 is 0. The largest absolute Gasteiger partial charge is 0.354 e. The molecule has 0 spiro atoms. The summed E-state index contributed by atoms with van der Waals surface area (Å²) in [4.78, 5) is 12.1. The van der Waals surface area contributed by atoms with E-state index in [4.69, 9.17) is 0 Å². The van der Waals surface area contributed by atoms with Gasteiger partial charge >= 0.3 is 0 Å². The Bertz CT molecular complexity index is 271. The molecule has 0 aromatic carbocycles. The van der Waals surface area contributed by atoms with E-state index in [1.807, 2.05) is 0 Å². The molecule has 2 atom stereocenters. The first-order valence-electron chi connectivity index (χ1n) is 7.12. The average molecular weight is 238 g/mol. The molecule has 0 radical (unpaired) electrons. The third kappa shape index (κ3) is 3.21. The van der Waals surface area contributed by atoms with E-state index >= 15 is 0 Å². The Hall–Kier alpha value is -0.570. The summed E-state index contributed by atoms with van der Waals surface area (Å²) in [6.07, 6.45) is 7.54. The molecule has 2 fully saturated rings. The Morgan fingerprint density at radius 1 is 1.35 bits per heavy atom. The molecule has 2 rings (SSSR count). The Morgan fingerprint density at radius 3 is 2.71 bits per heavy atom. The van der Waals surface area contributed by atoms with Gasteiger partial charge in [-0.15, -0.1) is 0 Å². The molecule has 98 valence electrons. The number of amides is 1. The van der Waals surface area contributed by atoms with Crippen molar-refractivity contribution in [2.45, 2.75) is 58.4 Å². The Labute approximate surface area is 105 Å². The summed E-state index contributed by atoms with van der Waals surface area (Å²) >= 11 is 0. The Morgan fingerprint density at radius 2 is 2.06 bits per heavy atom. The van der Waals surface area contributed by atoms with Crippen LogP contribution in [-0.4, -0.2) is 25.0 Å². The van der Waals surface area contributed by atoms with E-state index in [2.05, 4.69) is 24.5 Å². The number of carbonyl (C=O) groups excluding carboxylic acids is 1. The van der Waals surface area contributed by atoms with Crippen molar-refractivity contribution in [3.63, 3.8) is 0 Å². The van der Waals surface area contributed by atoms with Crippen LogP contribution in [0.1, 0.15) is 52.4 Å². The van der Waals surface area contributed by atoms with Crippen LogP contribution in [0.4, 0.5) is 0 Å². The van der Waals surface area contributed by atoms with Crippen LogP contribution in [0.2, 0.25) is 0 Å². The monoisotopic (exact) mass is 238 g/mol. The van der Waals surface area contributed by atoms with Crippen molar-refractivity contribution < 1.29 is 4.79 Å². The number of rotatable bonds is 3. The van der Waals surface area contributed by atoms with Gasteiger partial charge in [0, 0.05) is 6.54 Å². The first-order valence-corrected chi connectivity index (χ1v) is 7.12. The highest BCUT2D eigenvalue weighted by Crippen LogP contribution is 2.36. The lowest BCUT2D eigenvalue weighted by molar-refractivity contribution is -0.125. The van der Waals surface area contributed by atoms with Crippen LogP contribution in [0.25, 0.3) is 0 Å². The van der Waals surface area contributed by atoms with Crippen LogP contribution in [0.3, 0.4) is 0 Å². The minimum atomic E-state index is 0.0359. The van der Waals surface area contributed by atoms with Crippen molar-refractivity contribution in [2.75, 3.05) is 13.1 Å². The summed E-state index contributed by atoms with van der Waals surface area (Å²) in [5, 5.41) is 6.51. The van der Waals surface area contributed by atoms with Gasteiger partial charge in [0.2, 0.25) is 5.91 Å². The first kappa shape index (κ1) is 12.9. The van der Waals surface area contributed by atoms with Crippen LogP contribution >= 0.6 is 0 Å². The zero-order valence-electron chi connectivity index (χ0n) is 11.2. The maximum absolute atomic E-state index is 12.1. The van der Waals surface area contributed by atoms with Gasteiger partial charge in [-0.3, -0.25) is 4.79 Å². The van der Waals surface area contributed by atoms with Crippen molar-refractivity contribution in [2.24, 2.45) is 11.3 Å². The third-order valence-corrected chi connectivity index (χ3v) is 4.55. The number of nitrogens with one attached hydrogen (secondary N) is 2. The smallest absolute Gasteiger partial charge is 0.237 e. The van der Waals surface area contributed by atoms with Crippen LogP contribution < -0.4 is 10.6 Å². The predicted molar refractivity (Wildman–Crippen MR) is 69.8 cm³/mol. The quantitative estimate of drug-likeness (QED) is 0.790. The van der Waals surface area contributed by atoms with Gasteiger partial charge < -0.3 is 10.6 Å². The second-order valence-corrected chi connectivity index (χ2v) is 6.29. The zero-order valence-corrected chi connectivity index (χ0v) is 11.2. The second kappa shape index (κ2) is 5.38. The fraction of sp³-hybridized carbons (Fsp3) is 0.929. The van der Waals surface area contributed by atoms with Crippen LogP contribution in [0.5, 0.6) is 0 Å². The summed E-state index contributed by atoms with van der Waals surface area (Å²) in [5.74, 6) is 0.686. The van der Waals surface area contributed by atoms with Crippen LogP contribution in [0.15, 0.2) is 0 Å². The van der Waals surface area contributed by atoms with E-state index < -0.39 is 0 Å². The lowest BCUT2D eigenvalue weighted by atomic mass is 9.88. The highest BCUT2D eigenvalue weighted by molar-refractivity contribution is 5.82. The first-order chi connectivity index (χ1) is 8.11. The van der Waals surface area contributed by atoms with E-state index in [-0.39, 0.29) is 11.9 Å². The maximum atomic E-state index is 12.1. The maximum Gasteiger partial charge on any atom is 0.237 e. The molecule has 1 saturated carbocycles. The standard InChI is InChI=1S/C14H26N2O/c1-11-6-5-9-15-12(11)13(17)16-10-14(2)7-3-4-8-14/h11-12,15H,3-10H2,1-2H3,(H,16,17). The number of carbonyl (C=O) groups is 1. The third-order valence-electron chi connectivity index (χ3n) is 4.55. The molecule has 0 aromatic rings. The van der Waals surface area contributed by atoms with Gasteiger partial charge in [-0.1, -0.05) is 26.7 Å². The summed E-state index contributed by atoms with van der Waals surface area (Å²) in [5.41, 5.74) is 0.355. The Balaban J connectivity index is 1.80. The van der Waals surface area contributed by atoms with E-state index in [9.17, 15) is 4.79 Å². The van der Waals surface area contributed by atoms with Gasteiger partial charge in [0.1, 0.15) is 0 Å². The molecule has 0 aromatic heterocycles. The molecule has 3 heteroatoms. The van der Waals surface area contributed by atoms with Crippen LogP contribution in [0, 0.1) is 11.3 Å². The summed E-state index contributed by atoms with van der Waals surface area (Å²) in [6, 6.07) is 0.0359. The second-order valence-electron chi connectivity index (χ2n) is 6.29. The van der Waals surface area contributed by atoms with Gasteiger partial charge in [-0.05, 0) is 43.6 Å². The van der Waals surface area contributed by atoms with Crippen LogP contribution in [-0.2, 0) is 4.79 Å². The topological polar surface area (TPSA) is 41.1 Å². The van der Waals surface area contributed by atoms with Gasteiger partial charge in [-0.25, -0.2) is 0 Å². The zero-order chi connectivity index (χ0) is 12.3. The molecule has 2 aliphatic rings. The minimum Gasteiger partial charge on any atom is -0.354 e. The highest BCUT2D eigenvalue weighted by Gasteiger charge is 2.32. The molecule has 3 nitrogen and oxygen atoms in total. The molecule has 1 aliphatic heterocycles. The summed E-state index contributed by atoms with van der Waals surface area (Å²) in [6.45, 7) is 6.32. The molecule has 2 unspecified atom stereocenters. The number of piperidine rings is 1. The van der Waals surface area contributed by atoms with Crippen molar-refractivity contribution in [1.82, 2.24) is 10.6 Å². The SMILES string of the molecule is CC1CCCNC1C(=O)NCC1(C)CCCC1. The molecule has 1 heterocycles. The van der Waals surface area contributed by atoms with Gasteiger partial charge in [0.25, 0.3) is 0 Å². The molecular weight excluding hydrogens is 212 g/mol. The number of hydrogen-bond acceptors (Lipinski definition) is 2. The Kier molecular flexibility index (Phi) is 4.08. The van der Waals surface area contributed by atoms with Crippen molar-refractivity contribution in [3.05, 3.63) is 0 Å². The molecule has 2 N–H and O–H groups in total. The fourth-order valence-corrected chi connectivity index (χ4v) is 3.22. The van der Waals surface area contributed by atoms with Gasteiger partial charge in [0.15, 0.2) is 0 Å². The molecule has 1 amide bonds. The average Bonchev–Trinajstić information content (AvgIpc) is 2.74. The molecule has 0 bridgehead atoms. The normalized spacial score (nSPS) is 32.4. The van der Waals surface area contributed by atoms with E-state index in [0.29, 0.717) is 11.3 Å². The van der Waals surface area contributed by atoms with Crippen molar-refractivity contribution in [3.8, 4) is 0 Å². The molecule has 17 heavy (non-hydrogen) atoms. The number of hydrogen-bond donors (Lipinski definition) is 2. The molecular formula is C14H26N2O. The minimum absolute atomic E-state index is 0.0359. The fourth-order valence-electron chi connectivity index (χ4n) is 3.22. The predicted octanol–water partition coefficient (Wildman–Crippen LogP) is 2.07. The lowest BCUT2D eigenvalue weighted by Gasteiger charge is -2.31. The van der Waals surface area contributed by atoms with E-state index in [1.165, 1.54) is 38.5 Å². The van der Waals surface area contributed by atoms with Crippen molar-refractivity contribution >= 4 is 5.91 Å². The molecule has 1 saturated heterocycles. The van der Waals surface area contributed by atoms with E-state index in [0.717, 1.165) is 13.1 Å². The molecule has 1 aliphatic carbocycles. The summed E-state index contributed by atoms with van der Waals surface area (Å²) in [7, 11) is 0. The van der Waals surface area contributed by atoms with Crippen molar-refractivity contribution in [1.29, 1.82) is 0 Å². The lowest BCUT2D eigenvalue weighted by Crippen LogP contribution is -2.52. The van der Waals surface area contributed by atoms with Gasteiger partial charge in [-0.2, -0.15) is 0 Å².